The number of Topliss-reactive ketones (excluding diaryl/α,β-unsaturated/α-hetero) is 1. The van der Waals surface area contributed by atoms with Gasteiger partial charge in [-0.25, -0.2) is 9.59 Å². The average molecular weight is 1440 g/mol. The SMILES string of the molecule is CC(C)(CCCCCCCCCCC(C)(C)C(=O)CCCOCCOCCOCCN=[N+]=[N-])C(=O)O.CNC(=O)OCC1[C@H]2CCC#CCC[C@@H]12.CNC(=O)OC[C@@H]1[C@@H]2CCC3=C(CC[C@@H]21)C(CCOCCOCCOCCNC(=O)C(C)(C)CCCCCCCCCCC(C)(C)C(=O)O)N=N3. The van der Waals surface area contributed by atoms with E-state index in [9.17, 15) is 33.9 Å². The predicted molar refractivity (Wildman–Crippen MR) is 396 cm³/mol. The maximum atomic E-state index is 12.7. The van der Waals surface area contributed by atoms with Gasteiger partial charge in [-0.15, -0.1) is 11.8 Å². The Hall–Kier alpha value is -5.41. The number of carbonyl (C=O) groups excluding carboxylic acids is 4. The number of ether oxygens (including phenoxy) is 8. The van der Waals surface area contributed by atoms with E-state index in [-0.39, 0.29) is 29.6 Å². The summed E-state index contributed by atoms with van der Waals surface area (Å²) in [6.45, 7) is 23.1. The van der Waals surface area contributed by atoms with Crippen molar-refractivity contribution in [1.29, 1.82) is 0 Å². The number of azo groups is 1. The number of nitrogens with one attached hydrogen (secondary N) is 3. The number of fused-ring (bicyclic) bond motifs is 2. The molecular formula is C78H136N8O16. The smallest absolute Gasteiger partial charge is 0.406 e. The van der Waals surface area contributed by atoms with Gasteiger partial charge in [-0.2, -0.15) is 10.2 Å². The van der Waals surface area contributed by atoms with Crippen molar-refractivity contribution in [2.24, 2.45) is 72.5 Å². The third-order valence-electron chi connectivity index (χ3n) is 21.0. The number of carbonyl (C=O) groups is 6. The Bertz CT molecular complexity index is 2560. The predicted octanol–water partition coefficient (Wildman–Crippen LogP) is 16.0. The van der Waals surface area contributed by atoms with Crippen molar-refractivity contribution in [2.75, 3.05) is 120 Å². The highest BCUT2D eigenvalue weighted by Crippen LogP contribution is 2.55. The molecule has 0 aromatic heterocycles. The maximum absolute atomic E-state index is 12.7. The quantitative estimate of drug-likeness (QED) is 0.0124. The zero-order valence-corrected chi connectivity index (χ0v) is 64.6. The van der Waals surface area contributed by atoms with E-state index >= 15 is 0 Å². The van der Waals surface area contributed by atoms with Crippen molar-refractivity contribution in [2.45, 2.75) is 260 Å². The monoisotopic (exact) mass is 1440 g/mol. The molecule has 5 N–H and O–H groups in total. The van der Waals surface area contributed by atoms with E-state index in [1.165, 1.54) is 63.4 Å². The van der Waals surface area contributed by atoms with E-state index in [0.29, 0.717) is 141 Å². The molecular weight excluding hydrogens is 1300 g/mol. The first kappa shape index (κ1) is 90.8. The fourth-order valence-corrected chi connectivity index (χ4v) is 13.7. The van der Waals surface area contributed by atoms with E-state index in [1.807, 2.05) is 13.8 Å². The normalized spacial score (nSPS) is 19.7. The van der Waals surface area contributed by atoms with Gasteiger partial charge in [0.1, 0.15) is 5.78 Å². The number of unbranched alkanes of at least 4 members (excludes halogenated alkanes) is 14. The summed E-state index contributed by atoms with van der Waals surface area (Å²) in [4.78, 5) is 72.6. The molecule has 0 spiro atoms. The molecule has 3 amide bonds. The Morgan fingerprint density at radius 3 is 1.34 bits per heavy atom. The fraction of sp³-hybridized carbons (Fsp3) is 0.872. The number of aliphatic carboxylic acids is 2. The van der Waals surface area contributed by atoms with Crippen LogP contribution in [-0.2, 0) is 57.1 Å². The number of carboxylic acids is 2. The van der Waals surface area contributed by atoms with Crippen LogP contribution in [0.4, 0.5) is 9.59 Å². The summed E-state index contributed by atoms with van der Waals surface area (Å²) in [5, 5.41) is 38.8. The minimum atomic E-state index is -0.713. The minimum absolute atomic E-state index is 0.0692. The zero-order chi connectivity index (χ0) is 74.9. The van der Waals surface area contributed by atoms with Crippen LogP contribution in [0.25, 0.3) is 10.4 Å². The van der Waals surface area contributed by atoms with Crippen molar-refractivity contribution in [3.63, 3.8) is 0 Å². The molecule has 5 aliphatic rings. The maximum Gasteiger partial charge on any atom is 0.406 e. The van der Waals surface area contributed by atoms with Gasteiger partial charge < -0.3 is 64.1 Å². The third-order valence-corrected chi connectivity index (χ3v) is 21.0. The van der Waals surface area contributed by atoms with Gasteiger partial charge in [0.15, 0.2) is 0 Å². The molecule has 0 bridgehead atoms. The van der Waals surface area contributed by atoms with Crippen LogP contribution in [0, 0.1) is 69.0 Å². The molecule has 2 fully saturated rings. The minimum Gasteiger partial charge on any atom is -0.481 e. The molecule has 2 unspecified atom stereocenters. The van der Waals surface area contributed by atoms with Gasteiger partial charge in [0.2, 0.25) is 5.91 Å². The highest BCUT2D eigenvalue weighted by atomic mass is 16.6. The van der Waals surface area contributed by atoms with Gasteiger partial charge in [-0.1, -0.05) is 136 Å². The number of hydrogen-bond acceptors (Lipinski definition) is 17. The molecule has 4 aliphatic carbocycles. The molecule has 5 rings (SSSR count). The second-order valence-electron chi connectivity index (χ2n) is 30.9. The van der Waals surface area contributed by atoms with Crippen molar-refractivity contribution in [3.05, 3.63) is 21.7 Å². The van der Waals surface area contributed by atoms with Gasteiger partial charge in [0.25, 0.3) is 0 Å². The summed E-state index contributed by atoms with van der Waals surface area (Å²) in [6, 6.07) is 0.112. The van der Waals surface area contributed by atoms with Crippen molar-refractivity contribution >= 4 is 35.8 Å². The number of alkyl carbamates (subject to hydrolysis) is 2. The number of azide groups is 1. The molecule has 0 aromatic carbocycles. The van der Waals surface area contributed by atoms with Crippen molar-refractivity contribution < 1.29 is 76.9 Å². The van der Waals surface area contributed by atoms with Crippen molar-refractivity contribution in [1.82, 2.24) is 16.0 Å². The molecule has 24 nitrogen and oxygen atoms in total. The van der Waals surface area contributed by atoms with Gasteiger partial charge in [0.05, 0.1) is 102 Å². The molecule has 0 saturated heterocycles. The van der Waals surface area contributed by atoms with Gasteiger partial charge >= 0.3 is 24.1 Å². The summed E-state index contributed by atoms with van der Waals surface area (Å²) < 4.78 is 43.7. The number of ketones is 1. The van der Waals surface area contributed by atoms with Crippen LogP contribution in [0.1, 0.15) is 254 Å². The topological polar surface area (TPSA) is 326 Å². The van der Waals surface area contributed by atoms with Crippen LogP contribution in [-0.4, -0.2) is 172 Å². The number of nitrogens with zero attached hydrogens (tertiary/aromatic N) is 5. The lowest BCUT2D eigenvalue weighted by atomic mass is 9.81. The van der Waals surface area contributed by atoms with Crippen LogP contribution in [0.3, 0.4) is 0 Å². The van der Waals surface area contributed by atoms with Crippen molar-refractivity contribution in [3.8, 4) is 11.8 Å². The Kier molecular flexibility index (Phi) is 46.8. The number of amides is 3. The number of hydrogen-bond donors (Lipinski definition) is 5. The molecule has 584 valence electrons. The second-order valence-corrected chi connectivity index (χ2v) is 30.9. The van der Waals surface area contributed by atoms with Crippen LogP contribution in [0.15, 0.2) is 26.6 Å². The molecule has 102 heavy (non-hydrogen) atoms. The molecule has 2 saturated carbocycles. The summed E-state index contributed by atoms with van der Waals surface area (Å²) in [7, 11) is 3.18. The van der Waals surface area contributed by atoms with E-state index in [1.54, 1.807) is 41.8 Å². The average Bonchev–Trinajstić information content (AvgIpc) is 1.62. The Morgan fingerprint density at radius 1 is 0.500 bits per heavy atom. The number of rotatable bonds is 55. The molecule has 0 aromatic rings. The standard InChI is InChI=1S/C39H68N4O8.C27H51N3O6.C12H17NO2/c1-38(2,19-12-10-8-6-7-9-11-13-20-39(3,4)36(45)46)35(44)41-21-23-49-25-27-50-26-24-48-22-18-34-31-15-14-29-30(16-17-33(31)42-43-34)32(29)28-51-37(47)40-5;1-26(2,15-11-9-7-5-6-8-10-12-16-27(3,4)25(32)33)24(31)14-13-18-34-20-22-36-23-21-35-19-17-29-30-28;1-13-12(14)15-8-11-9-6-4-2-3-5-7-10(9)11/h29-30,32,34H,6-28H2,1-5H3,(H,40,47)(H,41,44)(H,45,46);5-23H2,1-4H3,(H,32,33);9-11H,4-8H2,1H3,(H,13,14)/t29-,30+,32-,34?;;9-,10+,11?/m0../s1. The summed E-state index contributed by atoms with van der Waals surface area (Å²) in [5.41, 5.74) is 8.76. The highest BCUT2D eigenvalue weighted by molar-refractivity contribution is 5.84. The van der Waals surface area contributed by atoms with E-state index in [4.69, 9.17) is 48.5 Å². The highest BCUT2D eigenvalue weighted by Gasteiger charge is 2.51. The van der Waals surface area contributed by atoms with E-state index in [2.05, 4.69) is 61.9 Å². The van der Waals surface area contributed by atoms with Crippen LogP contribution < -0.4 is 16.0 Å². The Morgan fingerprint density at radius 2 is 0.892 bits per heavy atom. The first-order valence-electron chi connectivity index (χ1n) is 39.0. The summed E-state index contributed by atoms with van der Waals surface area (Å²) in [5.74, 6) is 9.13. The number of carboxylic acid groups (broad SMARTS) is 2. The van der Waals surface area contributed by atoms with Gasteiger partial charge in [0, 0.05) is 75.4 Å². The van der Waals surface area contributed by atoms with Gasteiger partial charge in [-0.05, 0) is 151 Å². The van der Waals surface area contributed by atoms with E-state index in [0.717, 1.165) is 152 Å². The molecule has 0 radical (unpaired) electrons. The van der Waals surface area contributed by atoms with Gasteiger partial charge in [-0.3, -0.25) is 19.2 Å². The third kappa shape index (κ3) is 39.6. The summed E-state index contributed by atoms with van der Waals surface area (Å²) in [6.07, 6.45) is 31.3. The van der Waals surface area contributed by atoms with Crippen LogP contribution >= 0.6 is 0 Å². The van der Waals surface area contributed by atoms with Crippen LogP contribution in [0.2, 0.25) is 0 Å². The summed E-state index contributed by atoms with van der Waals surface area (Å²) >= 11 is 0. The van der Waals surface area contributed by atoms with Crippen LogP contribution in [0.5, 0.6) is 0 Å². The molecule has 1 heterocycles. The Labute approximate surface area is 612 Å². The number of allylic oxidation sites excluding steroid dienone is 1. The fourth-order valence-electron chi connectivity index (χ4n) is 13.7. The molecule has 24 heteroatoms. The lowest BCUT2D eigenvalue weighted by molar-refractivity contribution is -0.148. The largest absolute Gasteiger partial charge is 0.481 e. The van der Waals surface area contributed by atoms with E-state index < -0.39 is 28.2 Å². The lowest BCUT2D eigenvalue weighted by Gasteiger charge is -2.23. The zero-order valence-electron chi connectivity index (χ0n) is 64.6. The Balaban J connectivity index is 0.000000456. The molecule has 7 atom stereocenters. The molecule has 1 aliphatic heterocycles. The first-order chi connectivity index (χ1) is 48.9. The lowest BCUT2D eigenvalue weighted by Crippen LogP contribution is -2.38. The second kappa shape index (κ2) is 52.5. The first-order valence-corrected chi connectivity index (χ1v) is 39.0.